The largest absolute Gasteiger partial charge is 0.381 e. The second kappa shape index (κ2) is 8.66. The van der Waals surface area contributed by atoms with Crippen molar-refractivity contribution in [2.75, 3.05) is 33.9 Å². The Labute approximate surface area is 159 Å². The first-order valence-electron chi connectivity index (χ1n) is 8.81. The van der Waals surface area contributed by atoms with E-state index < -0.39 is 0 Å². The molecule has 1 aliphatic heterocycles. The highest BCUT2D eigenvalue weighted by atomic mass is 32.2. The lowest BCUT2D eigenvalue weighted by Crippen LogP contribution is -2.55. The highest BCUT2D eigenvalue weighted by Gasteiger charge is 2.35. The second-order valence-corrected chi connectivity index (χ2v) is 7.80. The van der Waals surface area contributed by atoms with Crippen LogP contribution >= 0.6 is 11.8 Å². The van der Waals surface area contributed by atoms with Gasteiger partial charge in [-0.15, -0.1) is 0 Å². The highest BCUT2D eigenvalue weighted by molar-refractivity contribution is 7.99. The maximum absolute atomic E-state index is 12.5. The van der Waals surface area contributed by atoms with Gasteiger partial charge in [0.25, 0.3) is 5.91 Å². The smallest absolute Gasteiger partial charge is 0.251 e. The third kappa shape index (κ3) is 4.63. The van der Waals surface area contributed by atoms with Gasteiger partial charge in [0.1, 0.15) is 5.03 Å². The van der Waals surface area contributed by atoms with Gasteiger partial charge < -0.3 is 15.0 Å². The Bertz CT molecular complexity index is 714. The minimum Gasteiger partial charge on any atom is -0.381 e. The lowest BCUT2D eigenvalue weighted by atomic mass is 9.88. The molecular formula is C20H25N3O2S. The van der Waals surface area contributed by atoms with E-state index in [1.54, 1.807) is 18.0 Å². The third-order valence-electron chi connectivity index (χ3n) is 4.93. The van der Waals surface area contributed by atoms with E-state index in [4.69, 9.17) is 4.74 Å². The minimum absolute atomic E-state index is 0.0251. The van der Waals surface area contributed by atoms with E-state index in [0.717, 1.165) is 36.0 Å². The predicted molar refractivity (Wildman–Crippen MR) is 104 cm³/mol. The first-order chi connectivity index (χ1) is 12.6. The SMILES string of the molecule is CN(C)C1(CNC(=O)c2ccc(Sc3ccccn3)cc2)CCOCC1. The van der Waals surface area contributed by atoms with Crippen molar-refractivity contribution in [1.82, 2.24) is 15.2 Å². The van der Waals surface area contributed by atoms with Crippen LogP contribution in [0.15, 0.2) is 58.6 Å². The summed E-state index contributed by atoms with van der Waals surface area (Å²) in [5.74, 6) is -0.0351. The molecule has 0 unspecified atom stereocenters. The van der Waals surface area contributed by atoms with Crippen LogP contribution in [-0.4, -0.2) is 55.2 Å². The molecule has 138 valence electrons. The number of benzene rings is 1. The van der Waals surface area contributed by atoms with Crippen molar-refractivity contribution >= 4 is 17.7 Å². The maximum Gasteiger partial charge on any atom is 0.251 e. The second-order valence-electron chi connectivity index (χ2n) is 6.71. The lowest BCUT2D eigenvalue weighted by molar-refractivity contribution is -0.00657. The van der Waals surface area contributed by atoms with E-state index >= 15 is 0 Å². The molecule has 1 saturated heterocycles. The Morgan fingerprint density at radius 2 is 1.92 bits per heavy atom. The van der Waals surface area contributed by atoms with E-state index in [-0.39, 0.29) is 11.4 Å². The van der Waals surface area contributed by atoms with Gasteiger partial charge in [-0.3, -0.25) is 4.79 Å². The summed E-state index contributed by atoms with van der Waals surface area (Å²) in [6.07, 6.45) is 3.64. The Balaban J connectivity index is 1.59. The Hall–Kier alpha value is -1.89. The van der Waals surface area contributed by atoms with E-state index in [9.17, 15) is 4.79 Å². The summed E-state index contributed by atoms with van der Waals surface area (Å²) < 4.78 is 5.48. The van der Waals surface area contributed by atoms with Gasteiger partial charge in [-0.1, -0.05) is 17.8 Å². The van der Waals surface area contributed by atoms with Crippen molar-refractivity contribution in [1.29, 1.82) is 0 Å². The van der Waals surface area contributed by atoms with E-state index in [1.807, 2.05) is 42.5 Å². The molecule has 1 fully saturated rings. The van der Waals surface area contributed by atoms with Crippen molar-refractivity contribution < 1.29 is 9.53 Å². The lowest BCUT2D eigenvalue weighted by Gasteiger charge is -2.42. The zero-order valence-corrected chi connectivity index (χ0v) is 16.1. The van der Waals surface area contributed by atoms with Crippen LogP contribution in [0.2, 0.25) is 0 Å². The average molecular weight is 372 g/mol. The van der Waals surface area contributed by atoms with Crippen LogP contribution in [0.25, 0.3) is 0 Å². The predicted octanol–water partition coefficient (Wildman–Crippen LogP) is 3.07. The number of pyridine rings is 1. The van der Waals surface area contributed by atoms with Crippen LogP contribution in [0, 0.1) is 0 Å². The average Bonchev–Trinajstić information content (AvgIpc) is 2.68. The van der Waals surface area contributed by atoms with Crippen molar-refractivity contribution in [3.05, 3.63) is 54.2 Å². The number of ether oxygens (including phenoxy) is 1. The summed E-state index contributed by atoms with van der Waals surface area (Å²) in [4.78, 5) is 20.1. The number of amides is 1. The highest BCUT2D eigenvalue weighted by Crippen LogP contribution is 2.27. The monoisotopic (exact) mass is 371 g/mol. The molecule has 0 aliphatic carbocycles. The van der Waals surface area contributed by atoms with Crippen LogP contribution in [0.5, 0.6) is 0 Å². The molecule has 2 heterocycles. The maximum atomic E-state index is 12.5. The molecule has 1 amide bonds. The Morgan fingerprint density at radius 1 is 1.19 bits per heavy atom. The quantitative estimate of drug-likeness (QED) is 0.846. The zero-order valence-electron chi connectivity index (χ0n) is 15.3. The summed E-state index contributed by atoms with van der Waals surface area (Å²) in [6.45, 7) is 2.12. The molecule has 1 aromatic heterocycles. The fourth-order valence-electron chi connectivity index (χ4n) is 3.08. The van der Waals surface area contributed by atoms with Crippen molar-refractivity contribution in [2.24, 2.45) is 0 Å². The fourth-order valence-corrected chi connectivity index (χ4v) is 3.86. The van der Waals surface area contributed by atoms with E-state index in [2.05, 4.69) is 29.3 Å². The zero-order chi connectivity index (χ0) is 18.4. The van der Waals surface area contributed by atoms with Crippen LogP contribution in [0.4, 0.5) is 0 Å². The molecule has 0 saturated carbocycles. The van der Waals surface area contributed by atoms with Crippen LogP contribution in [0.1, 0.15) is 23.2 Å². The molecule has 0 bridgehead atoms. The number of aromatic nitrogens is 1. The molecule has 0 spiro atoms. The summed E-state index contributed by atoms with van der Waals surface area (Å²) in [6, 6.07) is 13.5. The number of carbonyl (C=O) groups is 1. The molecule has 0 radical (unpaired) electrons. The Morgan fingerprint density at radius 3 is 2.54 bits per heavy atom. The van der Waals surface area contributed by atoms with Crippen molar-refractivity contribution in [3.8, 4) is 0 Å². The number of rotatable bonds is 6. The fraction of sp³-hybridized carbons (Fsp3) is 0.400. The molecule has 3 rings (SSSR count). The first kappa shape index (κ1) is 18.9. The standard InChI is InChI=1S/C20H25N3O2S/c1-23(2)20(10-13-25-14-11-20)15-22-19(24)16-6-8-17(9-7-16)26-18-5-3-4-12-21-18/h3-9,12H,10-11,13-15H2,1-2H3,(H,22,24). The molecule has 1 N–H and O–H groups in total. The van der Waals surface area contributed by atoms with Gasteiger partial charge in [-0.05, 0) is 63.3 Å². The Kier molecular flexibility index (Phi) is 6.29. The molecule has 1 aromatic carbocycles. The van der Waals surface area contributed by atoms with Crippen molar-refractivity contribution in [2.45, 2.75) is 28.3 Å². The van der Waals surface area contributed by atoms with Gasteiger partial charge in [0, 0.05) is 42.0 Å². The molecular weight excluding hydrogens is 346 g/mol. The van der Waals surface area contributed by atoms with E-state index in [1.165, 1.54) is 0 Å². The minimum atomic E-state index is -0.0351. The van der Waals surface area contributed by atoms with Gasteiger partial charge >= 0.3 is 0 Å². The van der Waals surface area contributed by atoms with Gasteiger partial charge in [0.15, 0.2) is 0 Å². The third-order valence-corrected chi connectivity index (χ3v) is 5.89. The van der Waals surface area contributed by atoms with Gasteiger partial charge in [-0.25, -0.2) is 4.98 Å². The molecule has 5 nitrogen and oxygen atoms in total. The number of nitrogens with one attached hydrogen (secondary N) is 1. The summed E-state index contributed by atoms with van der Waals surface area (Å²) in [7, 11) is 4.14. The number of hydrogen-bond donors (Lipinski definition) is 1. The molecule has 6 heteroatoms. The van der Waals surface area contributed by atoms with Gasteiger partial charge in [-0.2, -0.15) is 0 Å². The topological polar surface area (TPSA) is 54.5 Å². The molecule has 1 aliphatic rings. The first-order valence-corrected chi connectivity index (χ1v) is 9.63. The number of nitrogens with zero attached hydrogens (tertiary/aromatic N) is 2. The summed E-state index contributed by atoms with van der Waals surface area (Å²) in [5.41, 5.74) is 0.652. The number of carbonyl (C=O) groups excluding carboxylic acids is 1. The normalized spacial score (nSPS) is 16.4. The number of likely N-dealkylation sites (N-methyl/N-ethyl adjacent to an activating group) is 1. The molecule has 2 aromatic rings. The molecule has 0 atom stereocenters. The van der Waals surface area contributed by atoms with Crippen LogP contribution < -0.4 is 5.32 Å². The van der Waals surface area contributed by atoms with Gasteiger partial charge in [0.2, 0.25) is 0 Å². The summed E-state index contributed by atoms with van der Waals surface area (Å²) in [5, 5.41) is 4.05. The van der Waals surface area contributed by atoms with Crippen molar-refractivity contribution in [3.63, 3.8) is 0 Å². The number of hydrogen-bond acceptors (Lipinski definition) is 5. The van der Waals surface area contributed by atoms with Crippen LogP contribution in [-0.2, 0) is 4.74 Å². The summed E-state index contributed by atoms with van der Waals surface area (Å²) >= 11 is 1.58. The van der Waals surface area contributed by atoms with Gasteiger partial charge in [0.05, 0.1) is 0 Å². The molecule has 26 heavy (non-hydrogen) atoms. The van der Waals surface area contributed by atoms with Crippen LogP contribution in [0.3, 0.4) is 0 Å². The van der Waals surface area contributed by atoms with E-state index in [0.29, 0.717) is 12.1 Å².